The lowest BCUT2D eigenvalue weighted by Crippen LogP contribution is -2.27. The first-order chi connectivity index (χ1) is 30.9. The highest BCUT2D eigenvalue weighted by Gasteiger charge is 2.34. The first kappa shape index (κ1) is 45.1. The van der Waals surface area contributed by atoms with Crippen LogP contribution in [-0.2, 0) is 40.5 Å². The fourth-order valence-corrected chi connectivity index (χ4v) is 9.23. The number of hydrazone groups is 2. The topological polar surface area (TPSA) is 342 Å². The van der Waals surface area contributed by atoms with Crippen molar-refractivity contribution in [1.82, 2.24) is 0 Å². The van der Waals surface area contributed by atoms with Gasteiger partial charge in [-0.25, -0.2) is 4.79 Å². The third-order valence-corrected chi connectivity index (χ3v) is 13.4. The Balaban J connectivity index is 0.987. The lowest BCUT2D eigenvalue weighted by Gasteiger charge is -2.18. The Morgan fingerprint density at radius 2 is 0.773 bits per heavy atom. The van der Waals surface area contributed by atoms with Crippen molar-refractivity contribution in [3.05, 3.63) is 141 Å². The fourth-order valence-electron chi connectivity index (χ4n) is 6.88. The summed E-state index contributed by atoms with van der Waals surface area (Å²) in [5.74, 6) is -1.83. The molecule has 0 aliphatic heterocycles. The number of ketones is 2. The maximum Gasteiger partial charge on any atom is 0.323 e. The Bertz CT molecular complexity index is 3530. The molecule has 8 rings (SSSR count). The van der Waals surface area contributed by atoms with E-state index in [4.69, 9.17) is 0 Å². The summed E-state index contributed by atoms with van der Waals surface area (Å²) in [6.07, 6.45) is 1.93. The predicted octanol–water partition coefficient (Wildman–Crippen LogP) is 5.92. The standard InChI is InChI=1S/C41H28N6O15S4/c48-39-33-11-7-27(15-25(33)19-35(65(57,58)59)37(39)46-44-29-5-1-23-17-31(63(51,52)53)9-3-21(23)13-29)42-41(50)43-28-8-12-34-26(16-28)20-36(66(60,61)62)38(40(34)49)47-45-30-6-2-24-18-32(64(54,55)56)10-4-22(24)14-30/h1-20,44-45H,(H2,42,43,50)(H,51,52,53)(H,54,55,56)(H,57,58,59)(H,60,61,62). The summed E-state index contributed by atoms with van der Waals surface area (Å²) in [6.45, 7) is 0. The van der Waals surface area contributed by atoms with Gasteiger partial charge in [-0.2, -0.15) is 43.9 Å². The molecule has 0 fully saturated rings. The SMILES string of the molecule is O=C(Nc1ccc2c(c1)C=C(S(=O)(=O)O)C(=NNc1ccc3cc(S(=O)(=O)O)ccc3c1)C2=O)Nc1ccc2c(c1)C=C(S(=O)(=O)O)C(=NNc1ccc3cc(S(=O)(=O)O)ccc3c1)C2=O. The minimum absolute atomic E-state index is 0.0262. The van der Waals surface area contributed by atoms with Crippen LogP contribution in [0.4, 0.5) is 27.5 Å². The lowest BCUT2D eigenvalue weighted by molar-refractivity contribution is 0.105. The average molecular weight is 973 g/mol. The van der Waals surface area contributed by atoms with Crippen LogP contribution in [0.15, 0.2) is 139 Å². The van der Waals surface area contributed by atoms with Crippen LogP contribution < -0.4 is 21.5 Å². The van der Waals surface area contributed by atoms with Gasteiger partial charge in [-0.15, -0.1) is 0 Å². The summed E-state index contributed by atoms with van der Waals surface area (Å²) in [7, 11) is -19.1. The van der Waals surface area contributed by atoms with Gasteiger partial charge in [-0.1, -0.05) is 24.3 Å². The van der Waals surface area contributed by atoms with E-state index in [2.05, 4.69) is 31.7 Å². The average Bonchev–Trinajstić information content (AvgIpc) is 3.23. The highest BCUT2D eigenvalue weighted by molar-refractivity contribution is 7.91. The number of rotatable bonds is 10. The largest absolute Gasteiger partial charge is 0.323 e. The maximum absolute atomic E-state index is 13.6. The predicted molar refractivity (Wildman–Crippen MR) is 243 cm³/mol. The Labute approximate surface area is 373 Å². The summed E-state index contributed by atoms with van der Waals surface area (Å²) < 4.78 is 135. The third kappa shape index (κ3) is 9.34. The zero-order valence-electron chi connectivity index (χ0n) is 32.9. The van der Waals surface area contributed by atoms with Crippen molar-refractivity contribution in [3.8, 4) is 0 Å². The van der Waals surface area contributed by atoms with Crippen LogP contribution in [0.2, 0.25) is 0 Å². The van der Waals surface area contributed by atoms with Gasteiger partial charge in [0.1, 0.15) is 9.81 Å². The first-order valence-corrected chi connectivity index (χ1v) is 24.2. The number of carbonyl (C=O) groups excluding carboxylic acids is 3. The molecular formula is C41H28N6O15S4. The quantitative estimate of drug-likeness (QED) is 0.0583. The minimum Gasteiger partial charge on any atom is -0.308 e. The van der Waals surface area contributed by atoms with Crippen molar-refractivity contribution in [1.29, 1.82) is 0 Å². The number of benzene rings is 6. The van der Waals surface area contributed by atoms with Gasteiger partial charge >= 0.3 is 6.03 Å². The summed E-state index contributed by atoms with van der Waals surface area (Å²) >= 11 is 0. The molecule has 2 aliphatic carbocycles. The Morgan fingerprint density at radius 3 is 1.14 bits per heavy atom. The van der Waals surface area contributed by atoms with Crippen LogP contribution in [-0.4, -0.2) is 80.9 Å². The molecule has 0 aromatic heterocycles. The van der Waals surface area contributed by atoms with Gasteiger partial charge in [0.15, 0.2) is 11.4 Å². The van der Waals surface area contributed by atoms with Crippen LogP contribution in [0.3, 0.4) is 0 Å². The van der Waals surface area contributed by atoms with E-state index >= 15 is 0 Å². The molecule has 0 bridgehead atoms. The molecule has 21 nitrogen and oxygen atoms in total. The molecule has 0 saturated heterocycles. The van der Waals surface area contributed by atoms with Gasteiger partial charge in [0.25, 0.3) is 40.5 Å². The minimum atomic E-state index is -5.07. The zero-order chi connectivity index (χ0) is 47.5. The van der Waals surface area contributed by atoms with Crippen molar-refractivity contribution in [2.75, 3.05) is 21.5 Å². The van der Waals surface area contributed by atoms with Crippen LogP contribution >= 0.6 is 0 Å². The summed E-state index contributed by atoms with van der Waals surface area (Å²) in [5, 5.41) is 14.7. The molecule has 25 heteroatoms. The van der Waals surface area contributed by atoms with E-state index in [0.717, 1.165) is 12.2 Å². The molecule has 6 aromatic carbocycles. The van der Waals surface area contributed by atoms with E-state index < -0.39 is 79.3 Å². The molecule has 2 amide bonds. The van der Waals surface area contributed by atoms with Crippen LogP contribution in [0.5, 0.6) is 0 Å². The number of urea groups is 1. The number of nitrogens with one attached hydrogen (secondary N) is 4. The second-order valence-corrected chi connectivity index (χ2v) is 20.0. The third-order valence-electron chi connectivity index (χ3n) is 9.95. The summed E-state index contributed by atoms with van der Waals surface area (Å²) in [5.41, 5.74) is 4.15. The molecule has 0 spiro atoms. The van der Waals surface area contributed by atoms with Gasteiger partial charge < -0.3 is 10.6 Å². The van der Waals surface area contributed by atoms with Crippen molar-refractivity contribution in [2.24, 2.45) is 10.2 Å². The number of amides is 2. The molecule has 0 heterocycles. The highest BCUT2D eigenvalue weighted by Crippen LogP contribution is 2.31. The lowest BCUT2D eigenvalue weighted by atomic mass is 9.94. The van der Waals surface area contributed by atoms with E-state index in [1.165, 1.54) is 109 Å². The Kier molecular flexibility index (Phi) is 11.3. The maximum atomic E-state index is 13.6. The van der Waals surface area contributed by atoms with Crippen LogP contribution in [0.1, 0.15) is 31.8 Å². The molecule has 0 saturated carbocycles. The van der Waals surface area contributed by atoms with Crippen molar-refractivity contribution >= 4 is 126 Å². The van der Waals surface area contributed by atoms with E-state index in [-0.39, 0.29) is 54.8 Å². The van der Waals surface area contributed by atoms with Crippen molar-refractivity contribution in [3.63, 3.8) is 0 Å². The van der Waals surface area contributed by atoms with E-state index in [0.29, 0.717) is 21.5 Å². The number of anilines is 4. The Hall–Kier alpha value is -7.49. The number of hydrogen-bond acceptors (Lipinski definition) is 15. The van der Waals surface area contributed by atoms with E-state index in [1.54, 1.807) is 0 Å². The van der Waals surface area contributed by atoms with E-state index in [9.17, 15) is 66.3 Å². The molecular weight excluding hydrogens is 945 g/mol. The highest BCUT2D eigenvalue weighted by atomic mass is 32.2. The number of carbonyl (C=O) groups is 3. The number of hydrogen-bond donors (Lipinski definition) is 8. The molecule has 8 N–H and O–H groups in total. The second-order valence-electron chi connectivity index (χ2n) is 14.4. The summed E-state index contributed by atoms with van der Waals surface area (Å²) in [6, 6.07) is 23.2. The number of fused-ring (bicyclic) bond motifs is 4. The summed E-state index contributed by atoms with van der Waals surface area (Å²) in [4.78, 5) is 37.8. The molecule has 2 aliphatic rings. The van der Waals surface area contributed by atoms with Gasteiger partial charge in [0, 0.05) is 22.5 Å². The fraction of sp³-hybridized carbons (Fsp3) is 0. The molecule has 0 atom stereocenters. The number of allylic oxidation sites excluding steroid dienone is 2. The van der Waals surface area contributed by atoms with Gasteiger partial charge in [-0.3, -0.25) is 38.7 Å². The second kappa shape index (κ2) is 16.5. The van der Waals surface area contributed by atoms with Crippen LogP contribution in [0, 0.1) is 0 Å². The molecule has 0 radical (unpaired) electrons. The normalized spacial score (nSPS) is 15.5. The molecule has 6 aromatic rings. The zero-order valence-corrected chi connectivity index (χ0v) is 36.1. The molecule has 336 valence electrons. The van der Waals surface area contributed by atoms with Gasteiger partial charge in [0.05, 0.1) is 21.2 Å². The Morgan fingerprint density at radius 1 is 0.424 bits per heavy atom. The number of nitrogens with zero attached hydrogens (tertiary/aromatic N) is 2. The number of Topliss-reactive ketones (excluding diaryl/α,β-unsaturated/α-hetero) is 2. The smallest absolute Gasteiger partial charge is 0.308 e. The van der Waals surface area contributed by atoms with Crippen molar-refractivity contribution in [2.45, 2.75) is 9.79 Å². The van der Waals surface area contributed by atoms with Gasteiger partial charge in [0.2, 0.25) is 11.6 Å². The van der Waals surface area contributed by atoms with E-state index in [1.807, 2.05) is 0 Å². The van der Waals surface area contributed by atoms with Gasteiger partial charge in [-0.05, 0) is 130 Å². The van der Waals surface area contributed by atoms with Crippen LogP contribution in [0.25, 0.3) is 33.7 Å². The molecule has 0 unspecified atom stereocenters. The monoisotopic (exact) mass is 972 g/mol. The first-order valence-electron chi connectivity index (χ1n) is 18.5. The molecule has 66 heavy (non-hydrogen) atoms. The van der Waals surface area contributed by atoms with Crippen molar-refractivity contribution < 1.29 is 66.3 Å².